The van der Waals surface area contributed by atoms with Crippen LogP contribution in [0.3, 0.4) is 0 Å². The Morgan fingerprint density at radius 2 is 2.10 bits per heavy atom. The van der Waals surface area contributed by atoms with E-state index in [-0.39, 0.29) is 0 Å². The predicted molar refractivity (Wildman–Crippen MR) is 73.1 cm³/mol. The lowest BCUT2D eigenvalue weighted by Crippen LogP contribution is -2.07. The van der Waals surface area contributed by atoms with Gasteiger partial charge in [0.1, 0.15) is 5.76 Å². The van der Waals surface area contributed by atoms with Gasteiger partial charge in [-0.15, -0.1) is 10.2 Å². The Bertz CT molecular complexity index is 750. The van der Waals surface area contributed by atoms with Gasteiger partial charge in [0.15, 0.2) is 5.82 Å². The molecule has 0 aliphatic carbocycles. The number of nitrogens with zero attached hydrogens (tertiary/aromatic N) is 6. The highest BCUT2D eigenvalue weighted by Gasteiger charge is 2.13. The molecule has 0 spiro atoms. The molecule has 0 radical (unpaired) electrons. The molecule has 7 nitrogen and oxygen atoms in total. The molecule has 3 heterocycles. The van der Waals surface area contributed by atoms with Gasteiger partial charge >= 0.3 is 0 Å². The molecule has 0 aliphatic heterocycles. The van der Waals surface area contributed by atoms with Crippen molar-refractivity contribution >= 4 is 6.21 Å². The smallest absolute Gasteiger partial charge is 0.273 e. The van der Waals surface area contributed by atoms with E-state index >= 15 is 0 Å². The van der Waals surface area contributed by atoms with Crippen LogP contribution in [0.4, 0.5) is 0 Å². The first kappa shape index (κ1) is 12.3. The molecule has 0 amide bonds. The summed E-state index contributed by atoms with van der Waals surface area (Å²) in [7, 11) is 0. The van der Waals surface area contributed by atoms with Crippen LogP contribution in [0.5, 0.6) is 0 Å². The second-order valence-electron chi connectivity index (χ2n) is 4.46. The van der Waals surface area contributed by atoms with Crippen LogP contribution < -0.4 is 0 Å². The van der Waals surface area contributed by atoms with E-state index in [4.69, 9.17) is 4.42 Å². The van der Waals surface area contributed by atoms with Crippen LogP contribution in [0.2, 0.25) is 0 Å². The SMILES string of the molecule is Cc1cc(C)n(-c2nnc(C)n2/N=C/c2ccco2)n1. The summed E-state index contributed by atoms with van der Waals surface area (Å²) in [6.07, 6.45) is 3.22. The highest BCUT2D eigenvalue weighted by atomic mass is 16.3. The summed E-state index contributed by atoms with van der Waals surface area (Å²) in [6.45, 7) is 5.73. The quantitative estimate of drug-likeness (QED) is 0.681. The van der Waals surface area contributed by atoms with Gasteiger partial charge in [-0.05, 0) is 39.0 Å². The van der Waals surface area contributed by atoms with Crippen molar-refractivity contribution in [3.05, 3.63) is 47.4 Å². The Balaban J connectivity index is 2.04. The van der Waals surface area contributed by atoms with E-state index in [0.29, 0.717) is 17.5 Å². The summed E-state index contributed by atoms with van der Waals surface area (Å²) in [5.74, 6) is 1.89. The van der Waals surface area contributed by atoms with Crippen molar-refractivity contribution in [3.63, 3.8) is 0 Å². The lowest BCUT2D eigenvalue weighted by Gasteiger charge is -2.03. The maximum Gasteiger partial charge on any atom is 0.273 e. The van der Waals surface area contributed by atoms with E-state index in [0.717, 1.165) is 11.4 Å². The maximum atomic E-state index is 5.22. The van der Waals surface area contributed by atoms with Crippen LogP contribution in [-0.4, -0.2) is 30.9 Å². The topological polar surface area (TPSA) is 74.0 Å². The third-order valence-electron chi connectivity index (χ3n) is 2.82. The molecule has 0 saturated carbocycles. The molecular formula is C13H14N6O. The van der Waals surface area contributed by atoms with Crippen molar-refractivity contribution in [2.45, 2.75) is 20.8 Å². The minimum atomic E-state index is 0.552. The van der Waals surface area contributed by atoms with Crippen molar-refractivity contribution in [2.24, 2.45) is 5.10 Å². The number of hydrogen-bond donors (Lipinski definition) is 0. The molecule has 7 heteroatoms. The predicted octanol–water partition coefficient (Wildman–Crippen LogP) is 1.86. The molecule has 0 aromatic carbocycles. The molecule has 0 N–H and O–H groups in total. The van der Waals surface area contributed by atoms with Gasteiger partial charge in [-0.2, -0.15) is 14.9 Å². The first-order valence-corrected chi connectivity index (χ1v) is 6.18. The Morgan fingerprint density at radius 3 is 2.75 bits per heavy atom. The van der Waals surface area contributed by atoms with E-state index in [2.05, 4.69) is 20.4 Å². The number of aryl methyl sites for hydroxylation is 3. The Morgan fingerprint density at radius 1 is 1.25 bits per heavy atom. The second kappa shape index (κ2) is 4.76. The number of rotatable bonds is 3. The van der Waals surface area contributed by atoms with Gasteiger partial charge in [0.2, 0.25) is 0 Å². The molecular weight excluding hydrogens is 256 g/mol. The van der Waals surface area contributed by atoms with Crippen molar-refractivity contribution < 1.29 is 4.42 Å². The van der Waals surface area contributed by atoms with Crippen LogP contribution in [-0.2, 0) is 0 Å². The summed E-state index contributed by atoms with van der Waals surface area (Å²) in [5, 5.41) is 16.9. The zero-order valence-corrected chi connectivity index (χ0v) is 11.5. The van der Waals surface area contributed by atoms with Crippen molar-refractivity contribution in [3.8, 4) is 5.95 Å². The third-order valence-corrected chi connectivity index (χ3v) is 2.82. The van der Waals surface area contributed by atoms with Crippen molar-refractivity contribution in [1.29, 1.82) is 0 Å². The number of hydrogen-bond acceptors (Lipinski definition) is 5. The van der Waals surface area contributed by atoms with Crippen LogP contribution in [0.25, 0.3) is 5.95 Å². The average molecular weight is 270 g/mol. The van der Waals surface area contributed by atoms with Gasteiger partial charge in [-0.3, -0.25) is 0 Å². The summed E-state index contributed by atoms with van der Waals surface area (Å²) in [6, 6.07) is 5.61. The Hall–Kier alpha value is -2.70. The van der Waals surface area contributed by atoms with E-state index in [1.807, 2.05) is 39.0 Å². The van der Waals surface area contributed by atoms with E-state index in [9.17, 15) is 0 Å². The fraction of sp³-hybridized carbons (Fsp3) is 0.231. The largest absolute Gasteiger partial charge is 0.463 e. The van der Waals surface area contributed by atoms with E-state index < -0.39 is 0 Å². The van der Waals surface area contributed by atoms with Gasteiger partial charge in [-0.1, -0.05) is 0 Å². The van der Waals surface area contributed by atoms with Crippen molar-refractivity contribution in [2.75, 3.05) is 0 Å². The van der Waals surface area contributed by atoms with Gasteiger partial charge in [0, 0.05) is 5.69 Å². The highest BCUT2D eigenvalue weighted by Crippen LogP contribution is 2.11. The third kappa shape index (κ3) is 2.13. The minimum absolute atomic E-state index is 0.552. The standard InChI is InChI=1S/C13H14N6O/c1-9-7-10(2)18(17-9)13-16-15-11(3)19(13)14-8-12-5-4-6-20-12/h4-8H,1-3H3/b14-8+. The minimum Gasteiger partial charge on any atom is -0.463 e. The summed E-state index contributed by atoms with van der Waals surface area (Å²) in [5.41, 5.74) is 1.90. The molecule has 3 aromatic heterocycles. The van der Waals surface area contributed by atoms with E-state index in [1.165, 1.54) is 0 Å². The second-order valence-corrected chi connectivity index (χ2v) is 4.46. The molecule has 0 atom stereocenters. The molecule has 0 unspecified atom stereocenters. The first-order valence-electron chi connectivity index (χ1n) is 6.18. The number of furan rings is 1. The first-order chi connectivity index (χ1) is 9.65. The fourth-order valence-corrected chi connectivity index (χ4v) is 1.92. The number of aromatic nitrogens is 5. The molecule has 0 saturated heterocycles. The molecule has 3 rings (SSSR count). The molecule has 3 aromatic rings. The molecule has 20 heavy (non-hydrogen) atoms. The average Bonchev–Trinajstić information content (AvgIpc) is 3.09. The summed E-state index contributed by atoms with van der Waals surface area (Å²) >= 11 is 0. The van der Waals surface area contributed by atoms with Crippen LogP contribution in [0.1, 0.15) is 23.0 Å². The molecule has 102 valence electrons. The summed E-state index contributed by atoms with van der Waals surface area (Å²) in [4.78, 5) is 0. The highest BCUT2D eigenvalue weighted by molar-refractivity contribution is 5.75. The van der Waals surface area contributed by atoms with Crippen molar-refractivity contribution in [1.82, 2.24) is 24.7 Å². The zero-order chi connectivity index (χ0) is 14.1. The Labute approximate surface area is 115 Å². The molecule has 0 bridgehead atoms. The van der Waals surface area contributed by atoms with Crippen LogP contribution >= 0.6 is 0 Å². The van der Waals surface area contributed by atoms with Crippen LogP contribution in [0, 0.1) is 20.8 Å². The Kier molecular flexibility index (Phi) is 2.94. The molecule has 0 aliphatic rings. The normalized spacial score (nSPS) is 11.6. The van der Waals surface area contributed by atoms with E-state index in [1.54, 1.807) is 21.8 Å². The lowest BCUT2D eigenvalue weighted by atomic mass is 10.4. The zero-order valence-electron chi connectivity index (χ0n) is 11.5. The van der Waals surface area contributed by atoms with Gasteiger partial charge in [0.25, 0.3) is 5.95 Å². The molecule has 0 fully saturated rings. The summed E-state index contributed by atoms with van der Waals surface area (Å²) < 4.78 is 8.56. The fourth-order valence-electron chi connectivity index (χ4n) is 1.92. The monoisotopic (exact) mass is 270 g/mol. The van der Waals surface area contributed by atoms with Gasteiger partial charge in [0.05, 0.1) is 18.2 Å². The van der Waals surface area contributed by atoms with Gasteiger partial charge in [-0.25, -0.2) is 4.68 Å². The van der Waals surface area contributed by atoms with Crippen LogP contribution in [0.15, 0.2) is 34.0 Å². The van der Waals surface area contributed by atoms with Gasteiger partial charge < -0.3 is 4.42 Å². The lowest BCUT2D eigenvalue weighted by molar-refractivity contribution is 0.559. The maximum absolute atomic E-state index is 5.22.